The monoisotopic (exact) mass is 699 g/mol. The van der Waals surface area contributed by atoms with Gasteiger partial charge in [0.15, 0.2) is 6.61 Å². The molecule has 0 aliphatic heterocycles. The summed E-state index contributed by atoms with van der Waals surface area (Å²) in [5, 5.41) is 12.4. The minimum absolute atomic E-state index is 0.0290. The molecular weight excluding hydrogens is 652 g/mol. The molecule has 0 spiro atoms. The van der Waals surface area contributed by atoms with E-state index in [0.29, 0.717) is 23.8 Å². The highest BCUT2D eigenvalue weighted by Crippen LogP contribution is 2.41. The van der Waals surface area contributed by atoms with Gasteiger partial charge in [-0.25, -0.2) is 18.4 Å². The van der Waals surface area contributed by atoms with Crippen molar-refractivity contribution < 1.29 is 42.5 Å². The van der Waals surface area contributed by atoms with Crippen molar-refractivity contribution >= 4 is 32.0 Å². The van der Waals surface area contributed by atoms with E-state index in [1.54, 1.807) is 12.3 Å². The van der Waals surface area contributed by atoms with Gasteiger partial charge in [0, 0.05) is 51.1 Å². The largest absolute Gasteiger partial charge is 0.480 e. The van der Waals surface area contributed by atoms with Crippen molar-refractivity contribution in [3.05, 3.63) is 83.7 Å². The zero-order valence-electron chi connectivity index (χ0n) is 29.2. The number of benzene rings is 2. The van der Waals surface area contributed by atoms with Gasteiger partial charge in [-0.15, -0.1) is 0 Å². The zero-order chi connectivity index (χ0) is 36.5. The SMILES string of the molecule is CC(=O)OCC(=O)N(CCC(NC(=O)OCC[Si](C)(C)C)C(=O)O)C(c1cc(-c2cc(F)ccc2F)cn1Cc1ccccc1)C(C)(C)C. The zero-order valence-corrected chi connectivity index (χ0v) is 30.2. The molecule has 13 heteroatoms. The van der Waals surface area contributed by atoms with Crippen LogP contribution in [0.1, 0.15) is 51.4 Å². The molecule has 0 bridgehead atoms. The first-order valence-electron chi connectivity index (χ1n) is 16.1. The number of esters is 1. The van der Waals surface area contributed by atoms with E-state index in [2.05, 4.69) is 25.0 Å². The topological polar surface area (TPSA) is 127 Å². The third-order valence-electron chi connectivity index (χ3n) is 7.83. The Bertz CT molecular complexity index is 1620. The van der Waals surface area contributed by atoms with Crippen LogP contribution in [0.5, 0.6) is 0 Å². The Kier molecular flexibility index (Phi) is 13.3. The molecule has 0 fully saturated rings. The van der Waals surface area contributed by atoms with E-state index >= 15 is 4.39 Å². The number of carbonyl (C=O) groups excluding carboxylic acids is 3. The number of nitrogens with zero attached hydrogens (tertiary/aromatic N) is 2. The predicted molar refractivity (Wildman–Crippen MR) is 185 cm³/mol. The molecule has 2 N–H and O–H groups in total. The van der Waals surface area contributed by atoms with E-state index in [9.17, 15) is 28.7 Å². The van der Waals surface area contributed by atoms with Gasteiger partial charge in [0.2, 0.25) is 0 Å². The molecular formula is C36H47F2N3O7Si. The molecule has 0 radical (unpaired) electrons. The van der Waals surface area contributed by atoms with Gasteiger partial charge in [0.25, 0.3) is 5.91 Å². The third kappa shape index (κ3) is 11.8. The summed E-state index contributed by atoms with van der Waals surface area (Å²) >= 11 is 0. The Morgan fingerprint density at radius 3 is 2.27 bits per heavy atom. The van der Waals surface area contributed by atoms with E-state index in [-0.39, 0.29) is 25.1 Å². The first-order chi connectivity index (χ1) is 22.9. The number of rotatable bonds is 15. The van der Waals surface area contributed by atoms with Crippen molar-refractivity contribution in [2.45, 2.75) is 78.4 Å². The summed E-state index contributed by atoms with van der Waals surface area (Å²) in [4.78, 5) is 51.8. The van der Waals surface area contributed by atoms with Gasteiger partial charge in [-0.3, -0.25) is 9.59 Å². The molecule has 0 aliphatic rings. The number of amides is 2. The fourth-order valence-corrected chi connectivity index (χ4v) is 6.13. The molecule has 2 amide bonds. The van der Waals surface area contributed by atoms with Gasteiger partial charge >= 0.3 is 18.0 Å². The second kappa shape index (κ2) is 16.7. The number of carbonyl (C=O) groups is 4. The fraction of sp³-hybridized carbons (Fsp3) is 0.444. The minimum atomic E-state index is -1.51. The molecule has 0 saturated carbocycles. The molecule has 10 nitrogen and oxygen atoms in total. The van der Waals surface area contributed by atoms with Crippen molar-refractivity contribution in [1.29, 1.82) is 0 Å². The standard InChI is InChI=1S/C36H47F2N3O7Si/c1-24(42)48-23-32(43)41(16-15-30(34(44)45)39-35(46)47-17-18-49(5,6)7)33(36(2,3)4)31-19-26(28-20-27(37)13-14-29(28)38)22-40(31)21-25-11-9-8-10-12-25/h8-14,19-20,22,30,33H,15-18,21,23H2,1-7H3,(H,39,46)(H,44,45). The number of carboxylic acid groups (broad SMARTS) is 1. The van der Waals surface area contributed by atoms with Gasteiger partial charge in [0.1, 0.15) is 17.7 Å². The number of hydrogen-bond donors (Lipinski definition) is 2. The van der Waals surface area contributed by atoms with E-state index in [4.69, 9.17) is 9.47 Å². The van der Waals surface area contributed by atoms with Crippen LogP contribution in [0.15, 0.2) is 60.8 Å². The molecule has 3 rings (SSSR count). The molecule has 2 aromatic carbocycles. The van der Waals surface area contributed by atoms with Crippen LogP contribution in [-0.4, -0.2) is 72.4 Å². The Morgan fingerprint density at radius 1 is 1.00 bits per heavy atom. The van der Waals surface area contributed by atoms with Gasteiger partial charge in [-0.2, -0.15) is 0 Å². The van der Waals surface area contributed by atoms with Crippen LogP contribution in [0, 0.1) is 17.0 Å². The van der Waals surface area contributed by atoms with E-state index < -0.39 is 67.8 Å². The van der Waals surface area contributed by atoms with Crippen molar-refractivity contribution in [2.24, 2.45) is 5.41 Å². The first-order valence-corrected chi connectivity index (χ1v) is 19.8. The smallest absolute Gasteiger partial charge is 0.407 e. The molecule has 266 valence electrons. The molecule has 2 unspecified atom stereocenters. The number of alkyl carbamates (subject to hydrolysis) is 1. The number of ether oxygens (including phenoxy) is 2. The van der Waals surface area contributed by atoms with Gasteiger partial charge in [-0.1, -0.05) is 70.7 Å². The lowest BCUT2D eigenvalue weighted by atomic mass is 9.82. The fourth-order valence-electron chi connectivity index (χ4n) is 5.42. The summed E-state index contributed by atoms with van der Waals surface area (Å²) in [6.07, 6.45) is 0.599. The lowest BCUT2D eigenvalue weighted by molar-refractivity contribution is -0.153. The highest BCUT2D eigenvalue weighted by molar-refractivity contribution is 6.76. The average Bonchev–Trinajstić information content (AvgIpc) is 3.39. The van der Waals surface area contributed by atoms with Crippen molar-refractivity contribution in [3.63, 3.8) is 0 Å². The number of halogens is 2. The number of aliphatic carboxylic acids is 1. The molecule has 2 atom stereocenters. The molecule has 3 aromatic rings. The van der Waals surface area contributed by atoms with E-state index in [1.807, 2.05) is 55.7 Å². The van der Waals surface area contributed by atoms with Gasteiger partial charge < -0.3 is 29.4 Å². The Morgan fingerprint density at radius 2 is 1.67 bits per heavy atom. The van der Waals surface area contributed by atoms with Crippen molar-refractivity contribution in [2.75, 3.05) is 19.8 Å². The summed E-state index contributed by atoms with van der Waals surface area (Å²) < 4.78 is 41.5. The molecule has 0 aliphatic carbocycles. The van der Waals surface area contributed by atoms with Crippen LogP contribution >= 0.6 is 0 Å². The van der Waals surface area contributed by atoms with E-state index in [1.165, 1.54) is 11.8 Å². The number of carboxylic acids is 1. The van der Waals surface area contributed by atoms with Crippen molar-refractivity contribution in [1.82, 2.24) is 14.8 Å². The highest BCUT2D eigenvalue weighted by Gasteiger charge is 2.38. The lowest BCUT2D eigenvalue weighted by Crippen LogP contribution is -2.48. The first kappa shape index (κ1) is 38.9. The predicted octanol–water partition coefficient (Wildman–Crippen LogP) is 6.87. The van der Waals surface area contributed by atoms with Gasteiger partial charge in [-0.05, 0) is 47.7 Å². The summed E-state index contributed by atoms with van der Waals surface area (Å²) in [7, 11) is -1.51. The quantitative estimate of drug-likeness (QED) is 0.131. The number of hydrogen-bond acceptors (Lipinski definition) is 6. The van der Waals surface area contributed by atoms with E-state index in [0.717, 1.165) is 23.8 Å². The number of aromatic nitrogens is 1. The second-order valence-electron chi connectivity index (χ2n) is 14.3. The maximum atomic E-state index is 15.1. The summed E-state index contributed by atoms with van der Waals surface area (Å²) in [5.74, 6) is -3.86. The third-order valence-corrected chi connectivity index (χ3v) is 9.53. The number of nitrogens with one attached hydrogen (secondary N) is 1. The highest BCUT2D eigenvalue weighted by atomic mass is 28.3. The normalized spacial score (nSPS) is 12.9. The van der Waals surface area contributed by atoms with Crippen LogP contribution in [0.3, 0.4) is 0 Å². The Labute approximate surface area is 287 Å². The Balaban J connectivity index is 2.08. The average molecular weight is 700 g/mol. The van der Waals surface area contributed by atoms with Crippen LogP contribution in [-0.2, 0) is 30.4 Å². The summed E-state index contributed by atoms with van der Waals surface area (Å²) in [6, 6.07) is 12.8. The lowest BCUT2D eigenvalue weighted by Gasteiger charge is -2.41. The molecule has 49 heavy (non-hydrogen) atoms. The van der Waals surface area contributed by atoms with Crippen LogP contribution in [0.4, 0.5) is 13.6 Å². The summed E-state index contributed by atoms with van der Waals surface area (Å²) in [6.45, 7) is 12.9. The molecule has 1 aromatic heterocycles. The molecule has 1 heterocycles. The van der Waals surface area contributed by atoms with Crippen LogP contribution in [0.25, 0.3) is 11.1 Å². The maximum Gasteiger partial charge on any atom is 0.407 e. The van der Waals surface area contributed by atoms with Gasteiger partial charge in [0.05, 0.1) is 12.6 Å². The Hall–Kier alpha value is -4.52. The second-order valence-corrected chi connectivity index (χ2v) is 19.9. The van der Waals surface area contributed by atoms with Crippen LogP contribution in [0.2, 0.25) is 25.7 Å². The summed E-state index contributed by atoms with van der Waals surface area (Å²) in [5.41, 5.74) is 1.13. The van der Waals surface area contributed by atoms with Crippen LogP contribution < -0.4 is 5.32 Å². The molecule has 0 saturated heterocycles. The minimum Gasteiger partial charge on any atom is -0.480 e. The van der Waals surface area contributed by atoms with Crippen molar-refractivity contribution in [3.8, 4) is 11.1 Å². The maximum absolute atomic E-state index is 15.1.